The Morgan fingerprint density at radius 3 is 1.33 bits per heavy atom. The van der Waals surface area contributed by atoms with Crippen LogP contribution in [0.2, 0.25) is 15.5 Å². The zero-order valence-electron chi connectivity index (χ0n) is 62.3. The molecule has 0 aliphatic heterocycles. The van der Waals surface area contributed by atoms with Gasteiger partial charge in [-0.3, -0.25) is 14.4 Å². The number of nitrogens with two attached hydrogens (primary N) is 1. The molecule has 27 heteroatoms. The van der Waals surface area contributed by atoms with Crippen LogP contribution in [0.5, 0.6) is 0 Å². The molecule has 0 spiro atoms. The summed E-state index contributed by atoms with van der Waals surface area (Å²) in [5.74, 6) is 3.74. The van der Waals surface area contributed by atoms with Gasteiger partial charge in [-0.15, -0.1) is 45.3 Å². The first-order valence-corrected chi connectivity index (χ1v) is 44.6. The normalized spacial score (nSPS) is 15.2. The third-order valence-corrected chi connectivity index (χ3v) is 25.9. The van der Waals surface area contributed by atoms with Gasteiger partial charge in [0.05, 0.1) is 29.3 Å². The van der Waals surface area contributed by atoms with Gasteiger partial charge in [-0.1, -0.05) is 245 Å². The van der Waals surface area contributed by atoms with Crippen LogP contribution in [-0.2, 0) is 25.7 Å². The van der Waals surface area contributed by atoms with Crippen molar-refractivity contribution in [3.63, 3.8) is 0 Å². The number of hydrogen-bond donors (Lipinski definition) is 3. The predicted octanol–water partition coefficient (Wildman–Crippen LogP) is 25.6. The van der Waals surface area contributed by atoms with Gasteiger partial charge in [-0.05, 0) is 236 Å². The molecule has 2 saturated carbocycles. The number of unbranched alkanes of at least 4 members (excludes halogenated alkanes) is 1. The summed E-state index contributed by atoms with van der Waals surface area (Å²) in [5.41, 5.74) is 16.7. The zero-order chi connectivity index (χ0) is 79.1. The topological polar surface area (TPSA) is 213 Å². The number of aliphatic hydroxyl groups is 1. The van der Waals surface area contributed by atoms with E-state index in [2.05, 4.69) is 232 Å². The second-order valence-electron chi connectivity index (χ2n) is 26.4. The summed E-state index contributed by atoms with van der Waals surface area (Å²) in [6, 6.07) is 41.5. The van der Waals surface area contributed by atoms with E-state index in [9.17, 15) is 19.5 Å². The predicted molar refractivity (Wildman–Crippen MR) is 518 cm³/mol. The molecule has 0 radical (unpaired) electrons. The smallest absolute Gasteiger partial charge is 0.383 e. The summed E-state index contributed by atoms with van der Waals surface area (Å²) in [5, 5.41) is 23.1. The first-order chi connectivity index (χ1) is 53.0. The summed E-state index contributed by atoms with van der Waals surface area (Å²) < 4.78 is 5.14. The van der Waals surface area contributed by atoms with E-state index in [4.69, 9.17) is 40.5 Å². The summed E-state index contributed by atoms with van der Waals surface area (Å²) in [6.07, 6.45) is 24.9. The Kier molecular flexibility index (Phi) is 54.5. The molecule has 0 saturated heterocycles. The summed E-state index contributed by atoms with van der Waals surface area (Å²) >= 11 is 39.4. The standard InChI is InChI=1S/C24H26BrN3OS.C16H12BrClN2OS.C16H10BrClN2OS.C12H9BrOS.C8H17N.C4H2ClIN2.C4H9.6CH4.Li/c1-3-18-11-20(7-15(18)2)28-24-21(12-26-14-27-24)23(29)22-10-17(13-30-22)8-16-5-4-6-19(25)9-16;2*17-12-3-1-2-10(5-12)4-11-6-14(22-8-11)15(21)13-7-19-9-20-16(13)18;13-11-3-1-2-9(5-11)4-10-6-12(7-14)15-8-10;1-3-7-5-8(9)4-6(7)2;5-4-3(6)1-7-2-8-4;1-3-4-2;;;;;;;/h4-6,9-10,12-15,18,20H,3,7-8,11H2,1-2H3,(H,26,27,28);1-3,5-9,15,21H,4H2;1-3,5-9H,4H2;1-3,5-8H,4H2;6-8H,3-5,9H2,1-2H3;1-2H;1,3-4H2,2H3;6*1H4;/q;;;;;;-1;;;;;;;+1/t15-,18-,20-;;;;6-,7-,8-;;;;;;;;;/m0...0........./s1. The Bertz CT molecular complexity index is 4870. The fourth-order valence-corrected chi connectivity index (χ4v) is 18.3. The molecule has 8 aromatic heterocycles. The van der Waals surface area contributed by atoms with Gasteiger partial charge in [0.1, 0.15) is 52.7 Å². The van der Waals surface area contributed by atoms with E-state index in [1.54, 1.807) is 18.6 Å². The first-order valence-electron chi connectivity index (χ1n) is 35.7. The fraction of sp³-hybridized carbons (Fsp3) is 0.333. The Labute approximate surface area is 786 Å². The van der Waals surface area contributed by atoms with E-state index >= 15 is 0 Å². The summed E-state index contributed by atoms with van der Waals surface area (Å²) in [4.78, 5) is 70.7. The molecule has 1 unspecified atom stereocenters. The van der Waals surface area contributed by atoms with Crippen molar-refractivity contribution in [1.29, 1.82) is 0 Å². The van der Waals surface area contributed by atoms with Crippen LogP contribution in [0.3, 0.4) is 0 Å². The first kappa shape index (κ1) is 110. The van der Waals surface area contributed by atoms with Crippen LogP contribution in [0.15, 0.2) is 211 Å². The minimum absolute atomic E-state index is 0. The van der Waals surface area contributed by atoms with Gasteiger partial charge in [0.2, 0.25) is 11.6 Å². The maximum absolute atomic E-state index is 13.2. The number of ketones is 2. The van der Waals surface area contributed by atoms with Gasteiger partial charge in [-0.2, -0.15) is 6.42 Å². The van der Waals surface area contributed by atoms with E-state index in [0.717, 1.165) is 122 Å². The fourth-order valence-electron chi connectivity index (χ4n) is 12.4. The van der Waals surface area contributed by atoms with E-state index in [1.165, 1.54) is 137 Å². The minimum atomic E-state index is -0.796. The quantitative estimate of drug-likeness (QED) is 0.0162. The Morgan fingerprint density at radius 1 is 0.538 bits per heavy atom. The Hall–Kier alpha value is -5.15. The molecule has 4 aromatic carbocycles. The van der Waals surface area contributed by atoms with Crippen molar-refractivity contribution >= 4 is 190 Å². The average Bonchev–Trinajstić information content (AvgIpc) is 1.31. The molecular weight excluding hydrogens is 1970 g/mol. The van der Waals surface area contributed by atoms with Gasteiger partial charge >= 0.3 is 18.9 Å². The number of carbonyl (C=O) groups excluding carboxylic acids is 3. The minimum Gasteiger partial charge on any atom is -0.383 e. The number of thiophene rings is 4. The molecule has 14 rings (SSSR count). The van der Waals surface area contributed by atoms with Crippen molar-refractivity contribution in [2.24, 2.45) is 29.4 Å². The number of nitrogens with one attached hydrogen (secondary N) is 1. The van der Waals surface area contributed by atoms with Crippen LogP contribution in [-0.4, -0.2) is 74.9 Å². The van der Waals surface area contributed by atoms with E-state index in [-0.39, 0.29) is 85.3 Å². The molecule has 2 fully saturated rings. The second kappa shape index (κ2) is 58.0. The SMILES string of the molecule is C.C.C.C.C.C.CC[C@H]1C[C@@H](N)C[C@@H]1C.CC[C@H]1C[C@@H](Nc2ncncc2C(=O)c2cc(Cc3cccc(Br)c3)cs2)C[C@@H]1C.Clc1ncncc1I.O=C(c1cc(Cc2cccc(Br)c2)cs1)c1cncnc1Cl.O=Cc1cc(Cc2cccc(Br)c2)cs1.OC(c1cc(Cc2cccc(Br)c2)cs1)c1cncnc1Cl.[CH2-]CCC.[Li+]. The largest absolute Gasteiger partial charge is 1.00 e. The molecule has 14 nitrogen and oxygen atoms in total. The van der Waals surface area contributed by atoms with Crippen molar-refractivity contribution in [1.82, 2.24) is 39.9 Å². The monoisotopic (exact) mass is 2080 g/mol. The van der Waals surface area contributed by atoms with Crippen LogP contribution in [0.4, 0.5) is 5.82 Å². The van der Waals surface area contributed by atoms with Gasteiger partial charge in [0.25, 0.3) is 0 Å². The number of hydrogen-bond acceptors (Lipinski definition) is 18. The van der Waals surface area contributed by atoms with Crippen LogP contribution < -0.4 is 29.9 Å². The van der Waals surface area contributed by atoms with Gasteiger partial charge in [0, 0.05) is 65.2 Å². The maximum Gasteiger partial charge on any atom is 1.00 e. The zero-order valence-corrected chi connectivity index (χ0v) is 76.3. The third-order valence-electron chi connectivity index (χ3n) is 18.0. The molecule has 624 valence electrons. The number of benzene rings is 4. The van der Waals surface area contributed by atoms with Crippen molar-refractivity contribution < 1.29 is 38.4 Å². The summed E-state index contributed by atoms with van der Waals surface area (Å²) in [7, 11) is 0. The van der Waals surface area contributed by atoms with E-state index < -0.39 is 6.10 Å². The Morgan fingerprint density at radius 2 is 0.940 bits per heavy atom. The maximum atomic E-state index is 13.2. The molecule has 7 atom stereocenters. The number of halogens is 8. The number of aliphatic hydroxyl groups excluding tert-OH is 1. The van der Waals surface area contributed by atoms with Gasteiger partial charge in [-0.25, -0.2) is 39.9 Å². The van der Waals surface area contributed by atoms with Crippen molar-refractivity contribution in [2.75, 3.05) is 5.32 Å². The molecule has 4 N–H and O–H groups in total. The van der Waals surface area contributed by atoms with Crippen molar-refractivity contribution in [2.45, 2.75) is 174 Å². The van der Waals surface area contributed by atoms with Crippen LogP contribution in [0.1, 0.15) is 232 Å². The number of nitrogens with zero attached hydrogens (tertiary/aromatic N) is 8. The number of rotatable bonds is 20. The van der Waals surface area contributed by atoms with Gasteiger partial charge in [0.15, 0.2) is 6.29 Å². The summed E-state index contributed by atoms with van der Waals surface area (Å²) in [6.45, 7) is 14.9. The number of anilines is 1. The van der Waals surface area contributed by atoms with E-state index in [0.29, 0.717) is 50.5 Å². The van der Waals surface area contributed by atoms with Crippen LogP contribution >= 0.6 is 166 Å². The second-order valence-corrected chi connectivity index (χ2v) is 36.0. The van der Waals surface area contributed by atoms with Crippen molar-refractivity contribution in [3.8, 4) is 0 Å². The van der Waals surface area contributed by atoms with Crippen LogP contribution in [0, 0.1) is 34.2 Å². The molecule has 2 aliphatic carbocycles. The number of aromatic nitrogens is 8. The Balaban J connectivity index is 0.000000716. The third kappa shape index (κ3) is 36.4. The van der Waals surface area contributed by atoms with Crippen molar-refractivity contribution in [3.05, 3.63) is 317 Å². The molecule has 8 heterocycles. The number of aldehydes is 1. The van der Waals surface area contributed by atoms with Gasteiger partial charge < -0.3 is 23.1 Å². The molecule has 12 aromatic rings. The average molecular weight is 2080 g/mol. The number of carbonyl (C=O) groups is 3. The molecular formula is C90H109Br4Cl3ILiN10O4S4. The van der Waals surface area contributed by atoms with Crippen LogP contribution in [0.25, 0.3) is 0 Å². The molecule has 0 amide bonds. The molecule has 0 bridgehead atoms. The van der Waals surface area contributed by atoms with E-state index in [1.807, 2.05) is 83.6 Å². The molecule has 2 aliphatic rings. The molecule has 117 heavy (non-hydrogen) atoms.